The smallest absolute Gasteiger partial charge is 0.187 e. The molecule has 1 aliphatic rings. The molecule has 2 nitrogen and oxygen atoms in total. The van der Waals surface area contributed by atoms with E-state index in [0.717, 1.165) is 17.7 Å². The molecule has 3 rings (SSSR count). The third-order valence-electron chi connectivity index (χ3n) is 5.29. The van der Waals surface area contributed by atoms with E-state index in [1.54, 1.807) is 0 Å². The van der Waals surface area contributed by atoms with Gasteiger partial charge < -0.3 is 0 Å². The quantitative estimate of drug-likeness (QED) is 0.583. The van der Waals surface area contributed by atoms with Crippen LogP contribution in [-0.4, -0.2) is 4.98 Å². The van der Waals surface area contributed by atoms with Crippen molar-refractivity contribution in [3.63, 3.8) is 0 Å². The van der Waals surface area contributed by atoms with E-state index in [0.29, 0.717) is 11.1 Å². The molecule has 0 N–H and O–H groups in total. The summed E-state index contributed by atoms with van der Waals surface area (Å²) in [7, 11) is 0. The third-order valence-corrected chi connectivity index (χ3v) is 5.29. The van der Waals surface area contributed by atoms with Crippen molar-refractivity contribution in [2.45, 2.75) is 58.3 Å². The minimum absolute atomic E-state index is 0.414. The molecular weight excluding hydrogens is 292 g/mol. The Labute approximate surface area is 145 Å². The van der Waals surface area contributed by atoms with Crippen molar-refractivity contribution in [2.75, 3.05) is 0 Å². The van der Waals surface area contributed by atoms with E-state index in [2.05, 4.69) is 28.9 Å². The Hall–Kier alpha value is -2.14. The van der Waals surface area contributed by atoms with Crippen molar-refractivity contribution >= 4 is 5.69 Å². The highest BCUT2D eigenvalue weighted by Gasteiger charge is 2.25. The molecule has 2 heteroatoms. The fourth-order valence-electron chi connectivity index (χ4n) is 3.91. The summed E-state index contributed by atoms with van der Waals surface area (Å²) in [6.45, 7) is 9.64. The van der Waals surface area contributed by atoms with Crippen molar-refractivity contribution < 1.29 is 0 Å². The number of aromatic nitrogens is 1. The number of pyridine rings is 1. The zero-order chi connectivity index (χ0) is 16.8. The fraction of sp³-hybridized carbons (Fsp3) is 0.455. The number of rotatable bonds is 3. The molecule has 0 unspecified atom stereocenters. The predicted molar refractivity (Wildman–Crippen MR) is 100 cm³/mol. The maximum absolute atomic E-state index is 7.18. The lowest BCUT2D eigenvalue weighted by Gasteiger charge is -2.32. The van der Waals surface area contributed by atoms with Crippen molar-refractivity contribution in [2.24, 2.45) is 5.41 Å². The summed E-state index contributed by atoms with van der Waals surface area (Å²) in [5, 5.41) is 0. The molecule has 1 fully saturated rings. The van der Waals surface area contributed by atoms with E-state index in [4.69, 9.17) is 6.57 Å². The molecule has 124 valence electrons. The van der Waals surface area contributed by atoms with E-state index < -0.39 is 0 Å². The van der Waals surface area contributed by atoms with Crippen molar-refractivity contribution in [3.05, 3.63) is 59.6 Å². The van der Waals surface area contributed by atoms with Gasteiger partial charge in [-0.05, 0) is 54.0 Å². The summed E-state index contributed by atoms with van der Waals surface area (Å²) in [5.41, 5.74) is 4.47. The fourth-order valence-corrected chi connectivity index (χ4v) is 3.91. The Morgan fingerprint density at radius 1 is 1.04 bits per heavy atom. The van der Waals surface area contributed by atoms with Crippen LogP contribution < -0.4 is 0 Å². The molecule has 2 aromatic rings. The lowest BCUT2D eigenvalue weighted by atomic mass is 9.74. The maximum Gasteiger partial charge on any atom is 0.187 e. The molecule has 0 bridgehead atoms. The highest BCUT2D eigenvalue weighted by Crippen LogP contribution is 2.37. The first-order valence-corrected chi connectivity index (χ1v) is 9.11. The Bertz CT molecular complexity index is 719. The number of benzene rings is 1. The highest BCUT2D eigenvalue weighted by molar-refractivity contribution is 5.65. The molecule has 0 aliphatic heterocycles. The number of hydrogen-bond acceptors (Lipinski definition) is 1. The minimum atomic E-state index is 0.414. The van der Waals surface area contributed by atoms with Gasteiger partial charge in [-0.15, -0.1) is 0 Å². The maximum atomic E-state index is 7.18. The average Bonchev–Trinajstić information content (AvgIpc) is 2.59. The van der Waals surface area contributed by atoms with Crippen molar-refractivity contribution in [1.29, 1.82) is 0 Å². The van der Waals surface area contributed by atoms with Crippen molar-refractivity contribution in [3.8, 4) is 11.3 Å². The van der Waals surface area contributed by atoms with Crippen LogP contribution in [0.25, 0.3) is 16.1 Å². The SMILES string of the molecule is [C-]#[N+]c1cccc(-c2cc(CC3(C)CCCCCCC3)ccn2)c1. The summed E-state index contributed by atoms with van der Waals surface area (Å²) in [6.07, 6.45) is 12.6. The zero-order valence-electron chi connectivity index (χ0n) is 14.6. The lowest BCUT2D eigenvalue weighted by Crippen LogP contribution is -2.21. The highest BCUT2D eigenvalue weighted by atomic mass is 14.7. The van der Waals surface area contributed by atoms with Gasteiger partial charge in [0.2, 0.25) is 0 Å². The summed E-state index contributed by atoms with van der Waals surface area (Å²) < 4.78 is 0. The molecule has 1 heterocycles. The molecule has 24 heavy (non-hydrogen) atoms. The van der Waals surface area contributed by atoms with E-state index in [1.807, 2.05) is 30.5 Å². The van der Waals surface area contributed by atoms with Gasteiger partial charge >= 0.3 is 0 Å². The summed E-state index contributed by atoms with van der Waals surface area (Å²) in [6, 6.07) is 12.1. The molecule has 0 atom stereocenters. The van der Waals surface area contributed by atoms with Gasteiger partial charge in [-0.1, -0.05) is 57.2 Å². The van der Waals surface area contributed by atoms with Crippen LogP contribution in [-0.2, 0) is 6.42 Å². The Morgan fingerprint density at radius 2 is 1.79 bits per heavy atom. The first-order chi connectivity index (χ1) is 11.7. The van der Waals surface area contributed by atoms with Crippen LogP contribution in [0.4, 0.5) is 5.69 Å². The van der Waals surface area contributed by atoms with E-state index >= 15 is 0 Å². The van der Waals surface area contributed by atoms with Gasteiger partial charge in [0, 0.05) is 6.20 Å². The van der Waals surface area contributed by atoms with Crippen LogP contribution in [0.15, 0.2) is 42.6 Å². The number of nitrogens with zero attached hydrogens (tertiary/aromatic N) is 2. The Morgan fingerprint density at radius 3 is 2.54 bits per heavy atom. The summed E-state index contributed by atoms with van der Waals surface area (Å²) in [4.78, 5) is 8.06. The predicted octanol–water partition coefficient (Wildman–Crippen LogP) is 6.59. The van der Waals surface area contributed by atoms with Crippen LogP contribution in [0, 0.1) is 12.0 Å². The summed E-state index contributed by atoms with van der Waals surface area (Å²) >= 11 is 0. The lowest BCUT2D eigenvalue weighted by molar-refractivity contribution is 0.235. The normalized spacial score (nSPS) is 17.5. The third kappa shape index (κ3) is 4.23. The molecule has 1 aromatic heterocycles. The van der Waals surface area contributed by atoms with E-state index in [-0.39, 0.29) is 0 Å². The second kappa shape index (κ2) is 7.62. The van der Waals surface area contributed by atoms with Crippen LogP contribution in [0.5, 0.6) is 0 Å². The summed E-state index contributed by atoms with van der Waals surface area (Å²) in [5.74, 6) is 0. The second-order valence-electron chi connectivity index (χ2n) is 7.47. The van der Waals surface area contributed by atoms with Crippen LogP contribution in [0.3, 0.4) is 0 Å². The van der Waals surface area contributed by atoms with Gasteiger partial charge in [-0.3, -0.25) is 4.98 Å². The molecule has 0 radical (unpaired) electrons. The van der Waals surface area contributed by atoms with Crippen molar-refractivity contribution in [1.82, 2.24) is 4.98 Å². The van der Waals surface area contributed by atoms with Gasteiger partial charge in [-0.2, -0.15) is 0 Å². The van der Waals surface area contributed by atoms with Gasteiger partial charge in [0.1, 0.15) is 0 Å². The topological polar surface area (TPSA) is 17.2 Å². The molecule has 1 saturated carbocycles. The van der Waals surface area contributed by atoms with Crippen LogP contribution >= 0.6 is 0 Å². The second-order valence-corrected chi connectivity index (χ2v) is 7.47. The van der Waals surface area contributed by atoms with E-state index in [9.17, 15) is 0 Å². The Balaban J connectivity index is 1.81. The van der Waals surface area contributed by atoms with Gasteiger partial charge in [0.25, 0.3) is 0 Å². The van der Waals surface area contributed by atoms with Crippen LogP contribution in [0.2, 0.25) is 0 Å². The minimum Gasteiger partial charge on any atom is -0.256 e. The monoisotopic (exact) mass is 318 g/mol. The standard InChI is InChI=1S/C22H26N2/c1-22(12-6-4-3-5-7-13-22)17-18-11-14-24-21(15-18)19-9-8-10-20(16-19)23-2/h8-11,14-16H,3-7,12-13,17H2,1H3. The van der Waals surface area contributed by atoms with Gasteiger partial charge in [-0.25, -0.2) is 4.85 Å². The first-order valence-electron chi connectivity index (χ1n) is 9.11. The molecule has 1 aliphatic carbocycles. The average molecular weight is 318 g/mol. The Kier molecular flexibility index (Phi) is 5.30. The number of hydrogen-bond donors (Lipinski definition) is 0. The molecule has 0 amide bonds. The zero-order valence-corrected chi connectivity index (χ0v) is 14.6. The molecule has 1 aromatic carbocycles. The largest absolute Gasteiger partial charge is 0.256 e. The van der Waals surface area contributed by atoms with Crippen LogP contribution in [0.1, 0.15) is 57.4 Å². The molecule has 0 saturated heterocycles. The van der Waals surface area contributed by atoms with Gasteiger partial charge in [0.15, 0.2) is 5.69 Å². The van der Waals surface area contributed by atoms with E-state index in [1.165, 1.54) is 50.5 Å². The molecular formula is C22H26N2. The van der Waals surface area contributed by atoms with Gasteiger partial charge in [0.05, 0.1) is 12.3 Å². The first kappa shape index (κ1) is 16.7. The molecule has 0 spiro atoms.